The summed E-state index contributed by atoms with van der Waals surface area (Å²) in [6.45, 7) is 4.01. The first-order valence-corrected chi connectivity index (χ1v) is 9.92. The van der Waals surface area contributed by atoms with Gasteiger partial charge in [0, 0.05) is 18.1 Å². The van der Waals surface area contributed by atoms with Gasteiger partial charge in [0.05, 0.1) is 22.0 Å². The van der Waals surface area contributed by atoms with Gasteiger partial charge in [-0.1, -0.05) is 35.5 Å². The van der Waals surface area contributed by atoms with Crippen LogP contribution in [0, 0.1) is 13.8 Å². The molecule has 0 saturated carbocycles. The molecule has 0 atom stereocenters. The van der Waals surface area contributed by atoms with Crippen molar-refractivity contribution in [2.45, 2.75) is 25.2 Å². The van der Waals surface area contributed by atoms with Crippen molar-refractivity contribution in [1.82, 2.24) is 9.55 Å². The maximum Gasteiger partial charge on any atom is 0.418 e. The fourth-order valence-corrected chi connectivity index (χ4v) is 3.66. The fourth-order valence-electron chi connectivity index (χ4n) is 2.66. The minimum Gasteiger partial charge on any atom is -0.324 e. The minimum atomic E-state index is -4.62. The molecule has 29 heavy (non-hydrogen) atoms. The highest BCUT2D eigenvalue weighted by Gasteiger charge is 2.34. The fraction of sp³-hybridized carbons (Fsp3) is 0.200. The SMILES string of the molecule is Cc1ccc(-n2ccnc2SCC(=O)Nc2c(Cl)cccc2C(F)(F)F)cc1C. The van der Waals surface area contributed by atoms with Crippen LogP contribution in [-0.4, -0.2) is 21.2 Å². The Balaban J connectivity index is 1.74. The molecule has 1 amide bonds. The van der Waals surface area contributed by atoms with Gasteiger partial charge in [-0.05, 0) is 49.2 Å². The van der Waals surface area contributed by atoms with Gasteiger partial charge in [-0.25, -0.2) is 4.98 Å². The summed E-state index contributed by atoms with van der Waals surface area (Å²) in [5.41, 5.74) is 1.73. The maximum absolute atomic E-state index is 13.2. The number of hydrogen-bond donors (Lipinski definition) is 1. The molecule has 0 bridgehead atoms. The molecule has 0 aliphatic rings. The van der Waals surface area contributed by atoms with Gasteiger partial charge in [0.15, 0.2) is 5.16 Å². The van der Waals surface area contributed by atoms with Crippen LogP contribution < -0.4 is 5.32 Å². The minimum absolute atomic E-state index is 0.121. The third-order valence-corrected chi connectivity index (χ3v) is 5.57. The van der Waals surface area contributed by atoms with Crippen molar-refractivity contribution in [1.29, 1.82) is 0 Å². The highest BCUT2D eigenvalue weighted by atomic mass is 35.5. The van der Waals surface area contributed by atoms with E-state index in [1.807, 2.05) is 36.6 Å². The third-order valence-electron chi connectivity index (χ3n) is 4.29. The lowest BCUT2D eigenvalue weighted by molar-refractivity contribution is -0.137. The molecule has 9 heteroatoms. The number of anilines is 1. The largest absolute Gasteiger partial charge is 0.418 e. The van der Waals surface area contributed by atoms with E-state index in [0.717, 1.165) is 34.6 Å². The first-order chi connectivity index (χ1) is 13.7. The number of nitrogens with one attached hydrogen (secondary N) is 1. The van der Waals surface area contributed by atoms with Crippen molar-refractivity contribution in [3.8, 4) is 5.69 Å². The van der Waals surface area contributed by atoms with E-state index >= 15 is 0 Å². The molecule has 4 nitrogen and oxygen atoms in total. The number of aryl methyl sites for hydroxylation is 2. The molecule has 1 aromatic heterocycles. The molecule has 0 fully saturated rings. The Kier molecular flexibility index (Phi) is 6.24. The van der Waals surface area contributed by atoms with Gasteiger partial charge in [0.1, 0.15) is 0 Å². The Labute approximate surface area is 175 Å². The van der Waals surface area contributed by atoms with E-state index in [-0.39, 0.29) is 10.8 Å². The molecule has 3 aromatic rings. The molecule has 0 unspecified atom stereocenters. The second-order valence-electron chi connectivity index (χ2n) is 6.35. The van der Waals surface area contributed by atoms with Gasteiger partial charge in [-0.15, -0.1) is 0 Å². The van der Waals surface area contributed by atoms with Crippen molar-refractivity contribution in [2.24, 2.45) is 0 Å². The Morgan fingerprint density at radius 2 is 1.97 bits per heavy atom. The topological polar surface area (TPSA) is 46.9 Å². The zero-order valence-corrected chi connectivity index (χ0v) is 17.1. The summed E-state index contributed by atoms with van der Waals surface area (Å²) in [4.78, 5) is 16.5. The standard InChI is InChI=1S/C20H17ClF3N3OS/c1-12-6-7-14(10-13(12)2)27-9-8-25-19(27)29-11-17(28)26-18-15(20(22,23)24)4-3-5-16(18)21/h3-10H,11H2,1-2H3,(H,26,28). The van der Waals surface area contributed by atoms with Crippen LogP contribution in [0.15, 0.2) is 53.9 Å². The van der Waals surface area contributed by atoms with Gasteiger partial charge in [0.25, 0.3) is 0 Å². The summed E-state index contributed by atoms with van der Waals surface area (Å²) in [6, 6.07) is 9.29. The molecular formula is C20H17ClF3N3OS. The van der Waals surface area contributed by atoms with Gasteiger partial charge in [0.2, 0.25) is 5.91 Å². The monoisotopic (exact) mass is 439 g/mol. The number of nitrogens with zero attached hydrogens (tertiary/aromatic N) is 2. The van der Waals surface area contributed by atoms with Crippen LogP contribution in [0.5, 0.6) is 0 Å². The lowest BCUT2D eigenvalue weighted by Crippen LogP contribution is -2.18. The van der Waals surface area contributed by atoms with Gasteiger partial charge in [-0.3, -0.25) is 9.36 Å². The molecule has 1 heterocycles. The average molecular weight is 440 g/mol. The van der Waals surface area contributed by atoms with Gasteiger partial charge in [-0.2, -0.15) is 13.2 Å². The number of carbonyl (C=O) groups is 1. The predicted molar refractivity (Wildman–Crippen MR) is 109 cm³/mol. The lowest BCUT2D eigenvalue weighted by Gasteiger charge is -2.15. The van der Waals surface area contributed by atoms with Crippen molar-refractivity contribution >= 4 is 35.0 Å². The summed E-state index contributed by atoms with van der Waals surface area (Å²) < 4.78 is 41.3. The molecule has 0 radical (unpaired) electrons. The van der Waals surface area contributed by atoms with Crippen LogP contribution in [0.4, 0.5) is 18.9 Å². The summed E-state index contributed by atoms with van der Waals surface area (Å²) in [5, 5.41) is 2.66. The van der Waals surface area contributed by atoms with Crippen LogP contribution in [0.3, 0.4) is 0 Å². The van der Waals surface area contributed by atoms with Crippen LogP contribution in [-0.2, 0) is 11.0 Å². The van der Waals surface area contributed by atoms with Crippen molar-refractivity contribution in [2.75, 3.05) is 11.1 Å². The van der Waals surface area contributed by atoms with Crippen LogP contribution in [0.25, 0.3) is 5.69 Å². The quantitative estimate of drug-likeness (QED) is 0.504. The number of rotatable bonds is 5. The van der Waals surface area contributed by atoms with Gasteiger partial charge >= 0.3 is 6.18 Å². The van der Waals surface area contributed by atoms with E-state index in [4.69, 9.17) is 11.6 Å². The lowest BCUT2D eigenvalue weighted by atomic mass is 10.1. The molecule has 0 aliphatic heterocycles. The van der Waals surface area contributed by atoms with E-state index in [1.54, 1.807) is 12.4 Å². The van der Waals surface area contributed by atoms with Crippen LogP contribution >= 0.6 is 23.4 Å². The first kappa shape index (κ1) is 21.3. The van der Waals surface area contributed by atoms with Crippen LogP contribution in [0.2, 0.25) is 5.02 Å². The zero-order chi connectivity index (χ0) is 21.2. The van der Waals surface area contributed by atoms with Crippen molar-refractivity contribution in [3.05, 3.63) is 70.5 Å². The normalized spacial score (nSPS) is 11.5. The molecule has 152 valence electrons. The van der Waals surface area contributed by atoms with Crippen molar-refractivity contribution < 1.29 is 18.0 Å². The van der Waals surface area contributed by atoms with E-state index in [1.165, 1.54) is 12.1 Å². The number of thioether (sulfide) groups is 1. The number of aromatic nitrogens is 2. The number of halogens is 4. The Hall–Kier alpha value is -2.45. The molecule has 0 aliphatic carbocycles. The number of imidazole rings is 1. The molecular weight excluding hydrogens is 423 g/mol. The first-order valence-electron chi connectivity index (χ1n) is 8.56. The molecule has 0 spiro atoms. The van der Waals surface area contributed by atoms with Gasteiger partial charge < -0.3 is 5.32 Å². The summed E-state index contributed by atoms with van der Waals surface area (Å²) in [7, 11) is 0. The number of hydrogen-bond acceptors (Lipinski definition) is 3. The van der Waals surface area contributed by atoms with Crippen LogP contribution in [0.1, 0.15) is 16.7 Å². The smallest absolute Gasteiger partial charge is 0.324 e. The highest BCUT2D eigenvalue weighted by Crippen LogP contribution is 2.38. The van der Waals surface area contributed by atoms with E-state index < -0.39 is 23.3 Å². The second-order valence-corrected chi connectivity index (χ2v) is 7.70. The molecule has 3 rings (SSSR count). The number of alkyl halides is 3. The average Bonchev–Trinajstić information content (AvgIpc) is 3.11. The molecule has 0 saturated heterocycles. The third kappa shape index (κ3) is 4.94. The van der Waals surface area contributed by atoms with E-state index in [2.05, 4.69) is 10.3 Å². The highest BCUT2D eigenvalue weighted by molar-refractivity contribution is 7.99. The summed E-state index contributed by atoms with van der Waals surface area (Å²) in [6.07, 6.45) is -1.26. The zero-order valence-electron chi connectivity index (χ0n) is 15.5. The van der Waals surface area contributed by atoms with Crippen molar-refractivity contribution in [3.63, 3.8) is 0 Å². The maximum atomic E-state index is 13.2. The number of benzene rings is 2. The number of para-hydroxylation sites is 1. The molecule has 1 N–H and O–H groups in total. The predicted octanol–water partition coefficient (Wildman–Crippen LogP) is 5.89. The number of carbonyl (C=O) groups excluding carboxylic acids is 1. The Morgan fingerprint density at radius 1 is 1.21 bits per heavy atom. The Morgan fingerprint density at radius 3 is 2.66 bits per heavy atom. The summed E-state index contributed by atoms with van der Waals surface area (Å²) in [5.74, 6) is -0.729. The van der Waals surface area contributed by atoms with E-state index in [9.17, 15) is 18.0 Å². The Bertz CT molecular complexity index is 1050. The molecule has 2 aromatic carbocycles. The van der Waals surface area contributed by atoms with E-state index in [0.29, 0.717) is 5.16 Å². The number of amides is 1. The summed E-state index contributed by atoms with van der Waals surface area (Å²) >= 11 is 6.99. The second kappa shape index (κ2) is 8.51.